The van der Waals surface area contributed by atoms with Crippen LogP contribution >= 0.6 is 11.6 Å². The number of halogens is 1. The minimum absolute atomic E-state index is 0.0363. The van der Waals surface area contributed by atoms with Gasteiger partial charge in [-0.3, -0.25) is 4.79 Å². The van der Waals surface area contributed by atoms with Gasteiger partial charge in [-0.2, -0.15) is 5.26 Å². The van der Waals surface area contributed by atoms with Crippen molar-refractivity contribution in [2.45, 2.75) is 31.7 Å². The highest BCUT2D eigenvalue weighted by molar-refractivity contribution is 6.17. The fourth-order valence-corrected chi connectivity index (χ4v) is 2.76. The van der Waals surface area contributed by atoms with Crippen LogP contribution in [0.5, 0.6) is 0 Å². The van der Waals surface area contributed by atoms with Crippen LogP contribution in [0.2, 0.25) is 0 Å². The van der Waals surface area contributed by atoms with Gasteiger partial charge in [0.25, 0.3) is 5.91 Å². The standard InChI is InChI=1S/C15H17ClN2O/c16-8-2-6-14-7-3-9-18(14)15(19)13-5-1-4-12(10-13)11-17/h1,4-5,10,14H,2-3,6-9H2. The van der Waals surface area contributed by atoms with Crippen molar-refractivity contribution in [2.24, 2.45) is 0 Å². The molecule has 19 heavy (non-hydrogen) atoms. The van der Waals surface area contributed by atoms with Crippen molar-refractivity contribution < 1.29 is 4.79 Å². The van der Waals surface area contributed by atoms with Crippen molar-refractivity contribution in [3.8, 4) is 6.07 Å². The summed E-state index contributed by atoms with van der Waals surface area (Å²) in [5.74, 6) is 0.678. The molecule has 0 aromatic heterocycles. The van der Waals surface area contributed by atoms with E-state index in [0.717, 1.165) is 32.2 Å². The van der Waals surface area contributed by atoms with E-state index in [9.17, 15) is 4.79 Å². The van der Waals surface area contributed by atoms with E-state index in [1.807, 2.05) is 4.90 Å². The molecule has 1 unspecified atom stereocenters. The number of alkyl halides is 1. The first-order valence-corrected chi connectivity index (χ1v) is 7.17. The Morgan fingerprint density at radius 3 is 3.11 bits per heavy atom. The van der Waals surface area contributed by atoms with Crippen molar-refractivity contribution in [1.29, 1.82) is 5.26 Å². The molecule has 0 aliphatic carbocycles. The Morgan fingerprint density at radius 2 is 2.37 bits per heavy atom. The Kier molecular flexibility index (Phi) is 4.81. The Labute approximate surface area is 118 Å². The Morgan fingerprint density at radius 1 is 1.53 bits per heavy atom. The molecule has 0 bridgehead atoms. The molecule has 0 radical (unpaired) electrons. The Balaban J connectivity index is 2.11. The van der Waals surface area contributed by atoms with E-state index in [4.69, 9.17) is 16.9 Å². The summed E-state index contributed by atoms with van der Waals surface area (Å²) in [7, 11) is 0. The van der Waals surface area contributed by atoms with Crippen molar-refractivity contribution in [1.82, 2.24) is 4.90 Å². The van der Waals surface area contributed by atoms with Gasteiger partial charge in [0.05, 0.1) is 11.6 Å². The molecule has 2 rings (SSSR count). The molecule has 3 nitrogen and oxygen atoms in total. The summed E-state index contributed by atoms with van der Waals surface area (Å²) in [6, 6.07) is 9.29. The van der Waals surface area contributed by atoms with Crippen LogP contribution in [0, 0.1) is 11.3 Å². The lowest BCUT2D eigenvalue weighted by atomic mass is 10.1. The minimum atomic E-state index is 0.0363. The van der Waals surface area contributed by atoms with Crippen molar-refractivity contribution in [3.05, 3.63) is 35.4 Å². The zero-order valence-electron chi connectivity index (χ0n) is 10.8. The number of nitriles is 1. The topological polar surface area (TPSA) is 44.1 Å². The molecule has 1 heterocycles. The summed E-state index contributed by atoms with van der Waals surface area (Å²) in [6.45, 7) is 0.808. The molecule has 1 saturated heterocycles. The molecule has 1 atom stereocenters. The highest BCUT2D eigenvalue weighted by atomic mass is 35.5. The summed E-state index contributed by atoms with van der Waals surface area (Å²) in [6.07, 6.45) is 4.01. The van der Waals surface area contributed by atoms with Crippen LogP contribution in [0.1, 0.15) is 41.6 Å². The lowest BCUT2D eigenvalue weighted by Crippen LogP contribution is -2.35. The highest BCUT2D eigenvalue weighted by Crippen LogP contribution is 2.24. The highest BCUT2D eigenvalue weighted by Gasteiger charge is 2.28. The first kappa shape index (κ1) is 13.9. The molecule has 1 fully saturated rings. The number of hydrogen-bond donors (Lipinski definition) is 0. The zero-order valence-corrected chi connectivity index (χ0v) is 11.6. The van der Waals surface area contributed by atoms with E-state index in [-0.39, 0.29) is 5.91 Å². The van der Waals surface area contributed by atoms with Crippen LogP contribution in [0.4, 0.5) is 0 Å². The van der Waals surface area contributed by atoms with Gasteiger partial charge in [-0.1, -0.05) is 6.07 Å². The van der Waals surface area contributed by atoms with Gasteiger partial charge in [0.15, 0.2) is 0 Å². The van der Waals surface area contributed by atoms with E-state index in [2.05, 4.69) is 6.07 Å². The third-order valence-corrected chi connectivity index (χ3v) is 3.81. The smallest absolute Gasteiger partial charge is 0.254 e. The molecule has 0 spiro atoms. The molecule has 1 aromatic rings. The van der Waals surface area contributed by atoms with Gasteiger partial charge in [-0.25, -0.2) is 0 Å². The first-order valence-electron chi connectivity index (χ1n) is 6.63. The summed E-state index contributed by atoms with van der Waals surface area (Å²) >= 11 is 5.72. The van der Waals surface area contributed by atoms with Crippen molar-refractivity contribution >= 4 is 17.5 Å². The normalized spacial score (nSPS) is 18.3. The largest absolute Gasteiger partial charge is 0.336 e. The number of carbonyl (C=O) groups is 1. The number of likely N-dealkylation sites (tertiary alicyclic amines) is 1. The van der Waals surface area contributed by atoms with E-state index >= 15 is 0 Å². The molecule has 0 N–H and O–H groups in total. The summed E-state index contributed by atoms with van der Waals surface area (Å²) in [4.78, 5) is 14.4. The lowest BCUT2D eigenvalue weighted by molar-refractivity contribution is 0.0730. The van der Waals surface area contributed by atoms with E-state index in [0.29, 0.717) is 23.0 Å². The van der Waals surface area contributed by atoms with Gasteiger partial charge >= 0.3 is 0 Å². The molecule has 1 aromatic carbocycles. The second-order valence-corrected chi connectivity index (χ2v) is 5.20. The van der Waals surface area contributed by atoms with E-state index in [1.54, 1.807) is 24.3 Å². The van der Waals surface area contributed by atoms with E-state index < -0.39 is 0 Å². The second kappa shape index (κ2) is 6.58. The number of amides is 1. The number of nitrogens with zero attached hydrogens (tertiary/aromatic N) is 2. The average molecular weight is 277 g/mol. The summed E-state index contributed by atoms with van der Waals surface area (Å²) in [5.41, 5.74) is 1.14. The number of hydrogen-bond acceptors (Lipinski definition) is 2. The van der Waals surface area contributed by atoms with Crippen molar-refractivity contribution in [2.75, 3.05) is 12.4 Å². The number of benzene rings is 1. The van der Waals surface area contributed by atoms with E-state index in [1.165, 1.54) is 0 Å². The second-order valence-electron chi connectivity index (χ2n) is 4.82. The zero-order chi connectivity index (χ0) is 13.7. The van der Waals surface area contributed by atoms with Crippen molar-refractivity contribution in [3.63, 3.8) is 0 Å². The Bertz CT molecular complexity index is 495. The SMILES string of the molecule is N#Cc1cccc(C(=O)N2CCCC2CCCCl)c1. The maximum Gasteiger partial charge on any atom is 0.254 e. The molecular formula is C15H17ClN2O. The fraction of sp³-hybridized carbons (Fsp3) is 0.467. The molecule has 100 valence electrons. The molecule has 1 amide bonds. The van der Waals surface area contributed by atoms with Crippen LogP contribution in [0.15, 0.2) is 24.3 Å². The molecule has 1 aliphatic heterocycles. The van der Waals surface area contributed by atoms with Gasteiger partial charge in [0.2, 0.25) is 0 Å². The number of rotatable bonds is 4. The minimum Gasteiger partial charge on any atom is -0.336 e. The van der Waals surface area contributed by atoms with Gasteiger partial charge in [0.1, 0.15) is 0 Å². The summed E-state index contributed by atoms with van der Waals surface area (Å²) < 4.78 is 0. The number of carbonyl (C=O) groups excluding carboxylic acids is 1. The van der Waals surface area contributed by atoms with Crippen LogP contribution < -0.4 is 0 Å². The maximum atomic E-state index is 12.5. The third-order valence-electron chi connectivity index (χ3n) is 3.55. The average Bonchev–Trinajstić information content (AvgIpc) is 2.92. The molecule has 4 heteroatoms. The molecular weight excluding hydrogens is 260 g/mol. The first-order chi connectivity index (χ1) is 9.26. The van der Waals surface area contributed by atoms with Crippen LogP contribution in [0.3, 0.4) is 0 Å². The van der Waals surface area contributed by atoms with Crippen LogP contribution in [0.25, 0.3) is 0 Å². The fourth-order valence-electron chi connectivity index (χ4n) is 2.60. The lowest BCUT2D eigenvalue weighted by Gasteiger charge is -2.24. The van der Waals surface area contributed by atoms with Gasteiger partial charge < -0.3 is 4.90 Å². The quantitative estimate of drug-likeness (QED) is 0.793. The van der Waals surface area contributed by atoms with Crippen LogP contribution in [-0.2, 0) is 0 Å². The molecule has 0 saturated carbocycles. The van der Waals surface area contributed by atoms with Gasteiger partial charge in [-0.05, 0) is 43.9 Å². The molecule has 1 aliphatic rings. The van der Waals surface area contributed by atoms with Gasteiger partial charge in [0, 0.05) is 24.0 Å². The monoisotopic (exact) mass is 276 g/mol. The predicted molar refractivity (Wildman–Crippen MR) is 75.2 cm³/mol. The maximum absolute atomic E-state index is 12.5. The van der Waals surface area contributed by atoms with Gasteiger partial charge in [-0.15, -0.1) is 11.6 Å². The van der Waals surface area contributed by atoms with Crippen LogP contribution in [-0.4, -0.2) is 29.3 Å². The Hall–Kier alpha value is -1.53. The summed E-state index contributed by atoms with van der Waals surface area (Å²) in [5, 5.41) is 8.89. The predicted octanol–water partition coefficient (Wildman–Crippen LogP) is 3.18. The third kappa shape index (κ3) is 3.27.